The van der Waals surface area contributed by atoms with Crippen molar-refractivity contribution in [1.29, 1.82) is 0 Å². The molecule has 0 aliphatic carbocycles. The van der Waals surface area contributed by atoms with Crippen molar-refractivity contribution in [2.75, 3.05) is 11.9 Å². The van der Waals surface area contributed by atoms with Crippen LogP contribution in [0.5, 0.6) is 0 Å². The van der Waals surface area contributed by atoms with Crippen LogP contribution < -0.4 is 5.32 Å². The highest BCUT2D eigenvalue weighted by Crippen LogP contribution is 2.22. The number of amides is 2. The minimum Gasteiger partial charge on any atom is -0.452 e. The van der Waals surface area contributed by atoms with Gasteiger partial charge in [0.05, 0.1) is 5.92 Å². The summed E-state index contributed by atoms with van der Waals surface area (Å²) in [6, 6.07) is 6.54. The van der Waals surface area contributed by atoms with Gasteiger partial charge in [-0.3, -0.25) is 19.2 Å². The van der Waals surface area contributed by atoms with Crippen LogP contribution in [0, 0.1) is 5.92 Å². The predicted octanol–water partition coefficient (Wildman–Crippen LogP) is 2.02. The fraction of sp³-hybridized carbons (Fsp3) is 0.474. The molecule has 2 atom stereocenters. The molecule has 1 aliphatic rings. The van der Waals surface area contributed by atoms with Gasteiger partial charge in [-0.05, 0) is 39.8 Å². The number of carbonyl (C=O) groups is 4. The predicted molar refractivity (Wildman–Crippen MR) is 95.6 cm³/mol. The molecule has 26 heavy (non-hydrogen) atoms. The van der Waals surface area contributed by atoms with E-state index >= 15 is 0 Å². The van der Waals surface area contributed by atoms with Gasteiger partial charge in [-0.25, -0.2) is 0 Å². The van der Waals surface area contributed by atoms with E-state index in [-0.39, 0.29) is 24.2 Å². The van der Waals surface area contributed by atoms with Crippen molar-refractivity contribution in [1.82, 2.24) is 4.90 Å². The van der Waals surface area contributed by atoms with E-state index in [4.69, 9.17) is 4.74 Å². The number of benzene rings is 1. The van der Waals surface area contributed by atoms with E-state index in [0.717, 1.165) is 0 Å². The number of nitrogens with one attached hydrogen (secondary N) is 1. The molecule has 7 nitrogen and oxygen atoms in total. The van der Waals surface area contributed by atoms with E-state index in [1.807, 2.05) is 13.8 Å². The Bertz CT molecular complexity index is 728. The van der Waals surface area contributed by atoms with Crippen LogP contribution in [-0.2, 0) is 19.1 Å². The lowest BCUT2D eigenvalue weighted by Gasteiger charge is -2.21. The second kappa shape index (κ2) is 8.12. The molecule has 1 aromatic carbocycles. The molecular weight excluding hydrogens is 336 g/mol. The number of Topliss-reactive ketones (excluding diaryl/α,β-unsaturated/α-hetero) is 1. The highest BCUT2D eigenvalue weighted by Gasteiger charge is 2.37. The number of likely N-dealkylation sites (tertiary alicyclic amines) is 1. The highest BCUT2D eigenvalue weighted by atomic mass is 16.5. The first-order valence-electron chi connectivity index (χ1n) is 8.61. The van der Waals surface area contributed by atoms with Crippen molar-refractivity contribution in [2.45, 2.75) is 46.3 Å². The van der Waals surface area contributed by atoms with Crippen LogP contribution in [0.25, 0.3) is 0 Å². The molecule has 0 bridgehead atoms. The van der Waals surface area contributed by atoms with E-state index in [9.17, 15) is 19.2 Å². The Labute approximate surface area is 152 Å². The van der Waals surface area contributed by atoms with Gasteiger partial charge in [0.1, 0.15) is 0 Å². The summed E-state index contributed by atoms with van der Waals surface area (Å²) in [7, 11) is 0. The van der Waals surface area contributed by atoms with Crippen LogP contribution >= 0.6 is 0 Å². The molecule has 1 heterocycles. The van der Waals surface area contributed by atoms with Gasteiger partial charge in [-0.1, -0.05) is 12.1 Å². The largest absolute Gasteiger partial charge is 0.452 e. The lowest BCUT2D eigenvalue weighted by Crippen LogP contribution is -2.35. The number of carbonyl (C=O) groups excluding carboxylic acids is 4. The smallest absolute Gasteiger partial charge is 0.312 e. The first-order chi connectivity index (χ1) is 12.2. The SMILES string of the molecule is CC(=O)c1cccc(NC(=O)C(C)OC(=O)C2CC(=O)N(C(C)C)C2)c1. The van der Waals surface area contributed by atoms with Gasteiger partial charge in [-0.2, -0.15) is 0 Å². The van der Waals surface area contributed by atoms with Gasteiger partial charge >= 0.3 is 5.97 Å². The molecule has 0 saturated carbocycles. The maximum Gasteiger partial charge on any atom is 0.312 e. The number of ketones is 1. The highest BCUT2D eigenvalue weighted by molar-refractivity contribution is 5.98. The minimum absolute atomic E-state index is 0.0228. The van der Waals surface area contributed by atoms with E-state index < -0.39 is 23.9 Å². The van der Waals surface area contributed by atoms with Crippen molar-refractivity contribution in [3.8, 4) is 0 Å². The zero-order chi connectivity index (χ0) is 19.4. The first kappa shape index (κ1) is 19.6. The normalized spacial score (nSPS) is 18.0. The third-order valence-electron chi connectivity index (χ3n) is 4.31. The number of ether oxygens (including phenoxy) is 1. The summed E-state index contributed by atoms with van der Waals surface area (Å²) in [4.78, 5) is 49.4. The molecule has 2 unspecified atom stereocenters. The topological polar surface area (TPSA) is 92.8 Å². The zero-order valence-electron chi connectivity index (χ0n) is 15.4. The van der Waals surface area contributed by atoms with Gasteiger partial charge in [0.15, 0.2) is 11.9 Å². The standard InChI is InChI=1S/C19H24N2O5/c1-11(2)21-10-15(9-17(21)23)19(25)26-13(4)18(24)20-16-7-5-6-14(8-16)12(3)22/h5-8,11,13,15H,9-10H2,1-4H3,(H,20,24). The third kappa shape index (κ3) is 4.68. The van der Waals surface area contributed by atoms with Crippen LogP contribution in [0.15, 0.2) is 24.3 Å². The van der Waals surface area contributed by atoms with Crippen molar-refractivity contribution in [2.24, 2.45) is 5.92 Å². The van der Waals surface area contributed by atoms with E-state index in [2.05, 4.69) is 5.32 Å². The molecule has 0 aromatic heterocycles. The Balaban J connectivity index is 1.93. The second-order valence-corrected chi connectivity index (χ2v) is 6.75. The Morgan fingerprint density at radius 1 is 1.23 bits per heavy atom. The molecule has 140 valence electrons. The lowest BCUT2D eigenvalue weighted by molar-refractivity contribution is -0.157. The quantitative estimate of drug-likeness (QED) is 0.619. The molecule has 2 rings (SSSR count). The maximum absolute atomic E-state index is 12.2. The summed E-state index contributed by atoms with van der Waals surface area (Å²) < 4.78 is 5.23. The van der Waals surface area contributed by atoms with Gasteiger partial charge in [0.25, 0.3) is 5.91 Å². The number of anilines is 1. The summed E-state index contributed by atoms with van der Waals surface area (Å²) in [5.41, 5.74) is 0.929. The molecule has 0 radical (unpaired) electrons. The molecular formula is C19H24N2O5. The molecule has 0 spiro atoms. The zero-order valence-corrected chi connectivity index (χ0v) is 15.4. The monoisotopic (exact) mass is 360 g/mol. The fourth-order valence-corrected chi connectivity index (χ4v) is 2.77. The van der Waals surface area contributed by atoms with Crippen LogP contribution in [0.4, 0.5) is 5.69 Å². The first-order valence-corrected chi connectivity index (χ1v) is 8.61. The minimum atomic E-state index is -1.01. The Morgan fingerprint density at radius 2 is 1.92 bits per heavy atom. The number of esters is 1. The Hall–Kier alpha value is -2.70. The summed E-state index contributed by atoms with van der Waals surface area (Å²) in [5, 5.41) is 2.62. The number of nitrogens with zero attached hydrogens (tertiary/aromatic N) is 1. The fourth-order valence-electron chi connectivity index (χ4n) is 2.77. The second-order valence-electron chi connectivity index (χ2n) is 6.75. The molecule has 1 aliphatic heterocycles. The van der Waals surface area contributed by atoms with Crippen LogP contribution in [-0.4, -0.2) is 47.2 Å². The van der Waals surface area contributed by atoms with E-state index in [0.29, 0.717) is 17.8 Å². The van der Waals surface area contributed by atoms with Crippen molar-refractivity contribution < 1.29 is 23.9 Å². The van der Waals surface area contributed by atoms with Crippen molar-refractivity contribution in [3.63, 3.8) is 0 Å². The molecule has 1 N–H and O–H groups in total. The lowest BCUT2D eigenvalue weighted by atomic mass is 10.1. The molecule has 2 amide bonds. The Kier molecular flexibility index (Phi) is 6.13. The van der Waals surface area contributed by atoms with Crippen LogP contribution in [0.2, 0.25) is 0 Å². The molecule has 1 fully saturated rings. The average molecular weight is 360 g/mol. The van der Waals surface area contributed by atoms with Crippen LogP contribution in [0.3, 0.4) is 0 Å². The van der Waals surface area contributed by atoms with Gasteiger partial charge in [-0.15, -0.1) is 0 Å². The molecule has 7 heteroatoms. The summed E-state index contributed by atoms with van der Waals surface area (Å²) in [6.45, 7) is 6.99. The van der Waals surface area contributed by atoms with Gasteiger partial charge < -0.3 is 15.0 Å². The van der Waals surface area contributed by atoms with Crippen molar-refractivity contribution >= 4 is 29.3 Å². The average Bonchev–Trinajstić information content (AvgIpc) is 2.97. The molecule has 1 aromatic rings. The van der Waals surface area contributed by atoms with E-state index in [1.54, 1.807) is 29.2 Å². The number of rotatable bonds is 6. The molecule has 1 saturated heterocycles. The van der Waals surface area contributed by atoms with Crippen molar-refractivity contribution in [3.05, 3.63) is 29.8 Å². The van der Waals surface area contributed by atoms with Crippen LogP contribution in [0.1, 0.15) is 44.5 Å². The third-order valence-corrected chi connectivity index (χ3v) is 4.31. The summed E-state index contributed by atoms with van der Waals surface area (Å²) >= 11 is 0. The number of hydrogen-bond acceptors (Lipinski definition) is 5. The summed E-state index contributed by atoms with van der Waals surface area (Å²) in [5.74, 6) is -1.80. The van der Waals surface area contributed by atoms with Gasteiger partial charge in [0.2, 0.25) is 5.91 Å². The number of hydrogen-bond donors (Lipinski definition) is 1. The maximum atomic E-state index is 12.2. The van der Waals surface area contributed by atoms with Gasteiger partial charge in [0, 0.05) is 30.3 Å². The Morgan fingerprint density at radius 3 is 2.50 bits per heavy atom. The summed E-state index contributed by atoms with van der Waals surface area (Å²) in [6.07, 6.45) is -0.905. The van der Waals surface area contributed by atoms with E-state index in [1.165, 1.54) is 13.8 Å².